The first kappa shape index (κ1) is 42.6. The van der Waals surface area contributed by atoms with Gasteiger partial charge in [-0.15, -0.1) is 12.8 Å². The van der Waals surface area contributed by atoms with Crippen molar-refractivity contribution in [3.8, 4) is 24.7 Å². The summed E-state index contributed by atoms with van der Waals surface area (Å²) in [4.78, 5) is 64.5. The Kier molecular flexibility index (Phi) is 14.6. The fourth-order valence-electron chi connectivity index (χ4n) is 8.55. The number of amides is 2. The summed E-state index contributed by atoms with van der Waals surface area (Å²) in [5, 5.41) is 9.08. The third kappa shape index (κ3) is 9.70. The smallest absolute Gasteiger partial charge is 0.328 e. The number of alkyl halides is 1. The minimum Gasteiger partial charge on any atom is -0.481 e. The van der Waals surface area contributed by atoms with Crippen molar-refractivity contribution in [2.75, 3.05) is 33.3 Å². The highest BCUT2D eigenvalue weighted by molar-refractivity contribution is 5.80. The van der Waals surface area contributed by atoms with Crippen LogP contribution in [-0.4, -0.2) is 84.3 Å². The molecule has 1 N–H and O–H groups in total. The standard InChI is InChI=1S/C24H30N4O3.C18H20N2O3.CH3F.CH4/c1-4-18-7-10-21-22(15-18)28(24(31)25(21)3)16-19-5-8-20(9-6-19)23(30)27-13-11-26(12-14-27)17(2)29;1-3-12-6-9-15-16(10-12)20(18(23)19(15)2)11-13-4-7-14(8-5-13)17(21)22;1-2;/h1,7,10,15,19-20H,5-6,8-9,11-14,16H2,2-3H3;1,6,9-10,13-14H,4-5,7-8,11H2,2H3,(H,21,22);1H3;1H4/i;;1D;. The fourth-order valence-corrected chi connectivity index (χ4v) is 8.55. The number of aromatic nitrogens is 4. The molecule has 306 valence electrons. The molecule has 0 spiro atoms. The lowest BCUT2D eigenvalue weighted by atomic mass is 9.81. The number of nitrogens with zero attached hydrogens (tertiary/aromatic N) is 6. The number of carbonyl (C=O) groups is 3. The monoisotopic (exact) mass is 785 g/mol. The summed E-state index contributed by atoms with van der Waals surface area (Å²) < 4.78 is 22.4. The van der Waals surface area contributed by atoms with Crippen LogP contribution in [0.2, 0.25) is 0 Å². The number of imidazole rings is 2. The molecule has 2 aromatic carbocycles. The number of aryl methyl sites for hydroxylation is 2. The summed E-state index contributed by atoms with van der Waals surface area (Å²) in [6.45, 7) is 5.36. The van der Waals surface area contributed by atoms with Gasteiger partial charge in [0, 0.05) is 77.3 Å². The van der Waals surface area contributed by atoms with Crippen LogP contribution in [0, 0.1) is 48.4 Å². The molecule has 3 aliphatic rings. The average Bonchev–Trinajstić information content (AvgIpc) is 3.60. The lowest BCUT2D eigenvalue weighted by Crippen LogP contribution is -2.51. The molecule has 0 bridgehead atoms. The maximum atomic E-state index is 12.9. The SMILES string of the molecule is C.C#Cc1ccc2c(c1)n(CC1CCC(C(=O)N3CCN(C(C)=O)CC3)CC1)c(=O)n2C.C#Cc1ccc2c(c1)n(CC1CCC(C(=O)O)CC1)c(=O)n2C.[2H]CF. The van der Waals surface area contributed by atoms with Crippen molar-refractivity contribution >= 4 is 39.9 Å². The molecule has 1 saturated heterocycles. The molecule has 0 atom stereocenters. The van der Waals surface area contributed by atoms with Gasteiger partial charge in [0.1, 0.15) is 0 Å². The van der Waals surface area contributed by atoms with E-state index in [9.17, 15) is 28.4 Å². The van der Waals surface area contributed by atoms with E-state index in [0.717, 1.165) is 71.7 Å². The zero-order chi connectivity index (χ0) is 41.4. The number of terminal acetylenes is 2. The van der Waals surface area contributed by atoms with E-state index >= 15 is 0 Å². The summed E-state index contributed by atoms with van der Waals surface area (Å²) >= 11 is 0. The van der Waals surface area contributed by atoms with E-state index in [4.69, 9.17) is 19.3 Å². The lowest BCUT2D eigenvalue weighted by molar-refractivity contribution is -0.143. The summed E-state index contributed by atoms with van der Waals surface area (Å²) in [7, 11) is 2.55. The number of hydrogen-bond acceptors (Lipinski definition) is 5. The summed E-state index contributed by atoms with van der Waals surface area (Å²) in [6, 6.07) is 11.3. The molecule has 3 heterocycles. The lowest BCUT2D eigenvalue weighted by Gasteiger charge is -2.37. The summed E-state index contributed by atoms with van der Waals surface area (Å²) in [5.41, 5.74) is 4.95. The number of carboxylic acids is 1. The molecule has 0 unspecified atom stereocenters. The first-order chi connectivity index (χ1) is 27.3. The second kappa shape index (κ2) is 19.5. The summed E-state index contributed by atoms with van der Waals surface area (Å²) in [6.07, 6.45) is 17.6. The van der Waals surface area contributed by atoms with Gasteiger partial charge in [-0.05, 0) is 99.6 Å². The van der Waals surface area contributed by atoms with Crippen molar-refractivity contribution < 1.29 is 25.3 Å². The molecule has 2 saturated carbocycles. The van der Waals surface area contributed by atoms with E-state index in [-0.39, 0.29) is 42.5 Å². The first-order valence-electron chi connectivity index (χ1n) is 20.0. The number of piperazine rings is 1. The Morgan fingerprint density at radius 2 is 1.11 bits per heavy atom. The Morgan fingerprint density at radius 3 is 1.47 bits per heavy atom. The third-order valence-corrected chi connectivity index (χ3v) is 11.9. The second-order valence-electron chi connectivity index (χ2n) is 15.2. The van der Waals surface area contributed by atoms with Crippen molar-refractivity contribution in [2.45, 2.75) is 78.8 Å². The maximum Gasteiger partial charge on any atom is 0.328 e. The predicted molar refractivity (Wildman–Crippen MR) is 221 cm³/mol. The molecule has 0 radical (unpaired) electrons. The van der Waals surface area contributed by atoms with Gasteiger partial charge in [-0.3, -0.25) is 37.0 Å². The number of fused-ring (bicyclic) bond motifs is 2. The number of carboxylic acid groups (broad SMARTS) is 1. The minimum atomic E-state index is -1.00. The average molecular weight is 786 g/mol. The molecule has 3 fully saturated rings. The highest BCUT2D eigenvalue weighted by atomic mass is 19.1. The van der Waals surface area contributed by atoms with Crippen molar-refractivity contribution in [2.24, 2.45) is 37.8 Å². The first-order valence-corrected chi connectivity index (χ1v) is 19.3. The Bertz CT molecular complexity index is 2290. The van der Waals surface area contributed by atoms with Crippen LogP contribution in [0.1, 0.15) is 78.2 Å². The van der Waals surface area contributed by atoms with Crippen LogP contribution in [-0.2, 0) is 41.6 Å². The van der Waals surface area contributed by atoms with Gasteiger partial charge >= 0.3 is 17.3 Å². The Labute approximate surface area is 335 Å². The topological polar surface area (TPSA) is 132 Å². The van der Waals surface area contributed by atoms with Crippen LogP contribution in [0.4, 0.5) is 4.39 Å². The molecule has 12 nitrogen and oxygen atoms in total. The molecule has 7 rings (SSSR count). The van der Waals surface area contributed by atoms with Gasteiger partial charge in [-0.2, -0.15) is 0 Å². The van der Waals surface area contributed by atoms with E-state index in [2.05, 4.69) is 11.8 Å². The zero-order valence-corrected chi connectivity index (χ0v) is 32.6. The van der Waals surface area contributed by atoms with Crippen molar-refractivity contribution in [1.82, 2.24) is 28.1 Å². The molecule has 2 aliphatic carbocycles. The van der Waals surface area contributed by atoms with E-state index in [0.29, 0.717) is 63.9 Å². The van der Waals surface area contributed by atoms with E-state index in [1.165, 1.54) is 0 Å². The van der Waals surface area contributed by atoms with E-state index in [1.807, 2.05) is 45.9 Å². The second-order valence-corrected chi connectivity index (χ2v) is 15.2. The molecule has 1 aliphatic heterocycles. The number of hydrogen-bond donors (Lipinski definition) is 1. The van der Waals surface area contributed by atoms with Crippen molar-refractivity contribution in [3.63, 3.8) is 0 Å². The van der Waals surface area contributed by atoms with Gasteiger partial charge in [0.2, 0.25) is 11.8 Å². The molecule has 2 amide bonds. The highest BCUT2D eigenvalue weighted by Crippen LogP contribution is 2.33. The molecular weight excluding hydrogens is 728 g/mol. The Hall–Kier alpha value is -5.56. The van der Waals surface area contributed by atoms with Crippen LogP contribution < -0.4 is 11.4 Å². The van der Waals surface area contributed by atoms with Crippen molar-refractivity contribution in [3.05, 3.63) is 68.5 Å². The van der Waals surface area contributed by atoms with Gasteiger partial charge in [0.05, 0.1) is 36.5 Å². The molecule has 13 heteroatoms. The van der Waals surface area contributed by atoms with Gasteiger partial charge in [0.15, 0.2) is 0 Å². The Balaban J connectivity index is 0.000000245. The molecule has 57 heavy (non-hydrogen) atoms. The molecular formula is C44H57FN6O6. The number of carbonyl (C=O) groups excluding carboxylic acids is 2. The van der Waals surface area contributed by atoms with E-state index < -0.39 is 13.1 Å². The molecule has 2 aromatic heterocycles. The van der Waals surface area contributed by atoms with Crippen molar-refractivity contribution in [1.29, 1.82) is 0 Å². The van der Waals surface area contributed by atoms with Gasteiger partial charge in [-0.1, -0.05) is 19.3 Å². The van der Waals surface area contributed by atoms with Crippen LogP contribution in [0.5, 0.6) is 0 Å². The number of halogens is 1. The zero-order valence-electron chi connectivity index (χ0n) is 33.6. The fraction of sp³-hybridized carbons (Fsp3) is 0.523. The third-order valence-electron chi connectivity index (χ3n) is 11.9. The van der Waals surface area contributed by atoms with Gasteiger partial charge in [0.25, 0.3) is 0 Å². The maximum absolute atomic E-state index is 12.9. The number of aliphatic carboxylic acids is 1. The number of rotatable bonds is 6. The normalized spacial score (nSPS) is 20.8. The van der Waals surface area contributed by atoms with Crippen LogP contribution in [0.25, 0.3) is 22.1 Å². The number of benzene rings is 2. The van der Waals surface area contributed by atoms with Crippen LogP contribution in [0.3, 0.4) is 0 Å². The largest absolute Gasteiger partial charge is 0.481 e. The summed E-state index contributed by atoms with van der Waals surface area (Å²) in [5.74, 6) is 5.38. The van der Waals surface area contributed by atoms with Crippen LogP contribution >= 0.6 is 0 Å². The Morgan fingerprint density at radius 1 is 0.719 bits per heavy atom. The predicted octanol–water partition coefficient (Wildman–Crippen LogP) is 5.25. The molecule has 4 aromatic rings. The van der Waals surface area contributed by atoms with Gasteiger partial charge in [-0.25, -0.2) is 9.59 Å². The van der Waals surface area contributed by atoms with E-state index in [1.54, 1.807) is 39.6 Å². The highest BCUT2D eigenvalue weighted by Gasteiger charge is 2.32. The van der Waals surface area contributed by atoms with Crippen LogP contribution in [0.15, 0.2) is 46.0 Å². The quantitative estimate of drug-likeness (QED) is 0.266. The minimum absolute atomic E-state index is 0. The van der Waals surface area contributed by atoms with Gasteiger partial charge < -0.3 is 14.9 Å².